The fraction of sp³-hybridized carbons (Fsp3) is 0.286. The zero-order valence-corrected chi connectivity index (χ0v) is 15.4. The highest BCUT2D eigenvalue weighted by molar-refractivity contribution is 6.37. The fourth-order valence-electron chi connectivity index (χ4n) is 3.69. The van der Waals surface area contributed by atoms with Crippen molar-refractivity contribution >= 4 is 41.3 Å². The number of aryl methyl sites for hydroxylation is 1. The molecule has 1 fully saturated rings. The molecule has 0 spiro atoms. The standard InChI is InChI=1S/C21H19Cl2NO/c22-19-2-1-3-20(23)18(19)9-5-14-4-6-16-13-17(8-7-15(16)12-14)24-11-10-21(24)25/h1-6,9,12,17H,7-8,10-11,13H2. The first-order valence-corrected chi connectivity index (χ1v) is 9.41. The molecule has 25 heavy (non-hydrogen) atoms. The molecule has 0 radical (unpaired) electrons. The van der Waals surface area contributed by atoms with E-state index in [0.29, 0.717) is 22.0 Å². The van der Waals surface area contributed by atoms with Gasteiger partial charge < -0.3 is 4.90 Å². The lowest BCUT2D eigenvalue weighted by Gasteiger charge is -2.40. The lowest BCUT2D eigenvalue weighted by atomic mass is 9.85. The molecule has 2 aliphatic rings. The monoisotopic (exact) mass is 371 g/mol. The van der Waals surface area contributed by atoms with Gasteiger partial charge in [0.15, 0.2) is 0 Å². The minimum absolute atomic E-state index is 0.310. The van der Waals surface area contributed by atoms with Crippen molar-refractivity contribution in [2.24, 2.45) is 0 Å². The molecule has 0 aromatic heterocycles. The summed E-state index contributed by atoms with van der Waals surface area (Å²) in [5.74, 6) is 0.310. The van der Waals surface area contributed by atoms with Crippen LogP contribution in [-0.2, 0) is 17.6 Å². The zero-order valence-electron chi connectivity index (χ0n) is 13.8. The number of halogens is 2. The summed E-state index contributed by atoms with van der Waals surface area (Å²) in [5.41, 5.74) is 4.74. The van der Waals surface area contributed by atoms with Gasteiger partial charge in [-0.2, -0.15) is 0 Å². The van der Waals surface area contributed by atoms with Gasteiger partial charge in [-0.05, 0) is 48.1 Å². The first-order chi connectivity index (χ1) is 12.1. The lowest BCUT2D eigenvalue weighted by molar-refractivity contribution is -0.143. The maximum atomic E-state index is 11.7. The number of hydrogen-bond donors (Lipinski definition) is 0. The summed E-state index contributed by atoms with van der Waals surface area (Å²) in [6, 6.07) is 12.5. The van der Waals surface area contributed by atoms with Gasteiger partial charge in [0.1, 0.15) is 0 Å². The SMILES string of the molecule is O=C1CCN1C1CCc2cc(C=Cc3c(Cl)cccc3Cl)ccc2C1. The molecule has 2 nitrogen and oxygen atoms in total. The first-order valence-electron chi connectivity index (χ1n) is 8.65. The van der Waals surface area contributed by atoms with Gasteiger partial charge >= 0.3 is 0 Å². The molecule has 0 saturated carbocycles. The van der Waals surface area contributed by atoms with Crippen molar-refractivity contribution in [2.75, 3.05) is 6.54 Å². The summed E-state index contributed by atoms with van der Waals surface area (Å²) in [7, 11) is 0. The number of fused-ring (bicyclic) bond motifs is 1. The fourth-order valence-corrected chi connectivity index (χ4v) is 4.22. The van der Waals surface area contributed by atoms with E-state index in [-0.39, 0.29) is 0 Å². The van der Waals surface area contributed by atoms with Gasteiger partial charge in [-0.3, -0.25) is 4.79 Å². The number of rotatable bonds is 3. The molecule has 1 amide bonds. The van der Waals surface area contributed by atoms with Crippen molar-refractivity contribution in [3.8, 4) is 0 Å². The molecule has 2 aromatic carbocycles. The van der Waals surface area contributed by atoms with Crippen molar-refractivity contribution in [1.82, 2.24) is 4.90 Å². The predicted molar refractivity (Wildman–Crippen MR) is 104 cm³/mol. The number of likely N-dealkylation sites (tertiary alicyclic amines) is 1. The van der Waals surface area contributed by atoms with Gasteiger partial charge in [-0.15, -0.1) is 0 Å². The highest BCUT2D eigenvalue weighted by Crippen LogP contribution is 2.30. The number of hydrogen-bond acceptors (Lipinski definition) is 1. The van der Waals surface area contributed by atoms with Crippen molar-refractivity contribution in [3.63, 3.8) is 0 Å². The van der Waals surface area contributed by atoms with E-state index in [9.17, 15) is 4.79 Å². The molecule has 1 heterocycles. The number of amides is 1. The number of carbonyl (C=O) groups excluding carboxylic acids is 1. The lowest BCUT2D eigenvalue weighted by Crippen LogP contribution is -2.51. The minimum Gasteiger partial charge on any atom is -0.339 e. The zero-order chi connectivity index (χ0) is 17.4. The van der Waals surface area contributed by atoms with E-state index >= 15 is 0 Å². The second-order valence-electron chi connectivity index (χ2n) is 6.73. The van der Waals surface area contributed by atoms with Crippen LogP contribution in [0.1, 0.15) is 35.1 Å². The Hall–Kier alpha value is -1.77. The van der Waals surface area contributed by atoms with Crippen LogP contribution >= 0.6 is 23.2 Å². The number of benzene rings is 2. The van der Waals surface area contributed by atoms with Crippen molar-refractivity contribution in [2.45, 2.75) is 31.7 Å². The quantitative estimate of drug-likeness (QED) is 0.532. The van der Waals surface area contributed by atoms with Crippen molar-refractivity contribution in [1.29, 1.82) is 0 Å². The predicted octanol–water partition coefficient (Wildman–Crippen LogP) is 5.25. The van der Waals surface area contributed by atoms with E-state index in [1.165, 1.54) is 11.1 Å². The van der Waals surface area contributed by atoms with Gasteiger partial charge in [-0.1, -0.05) is 59.6 Å². The van der Waals surface area contributed by atoms with Gasteiger partial charge in [0.2, 0.25) is 5.91 Å². The maximum Gasteiger partial charge on any atom is 0.224 e. The van der Waals surface area contributed by atoms with Crippen LogP contribution in [0, 0.1) is 0 Å². The molecule has 1 aliphatic carbocycles. The van der Waals surface area contributed by atoms with E-state index < -0.39 is 0 Å². The molecular weight excluding hydrogens is 353 g/mol. The minimum atomic E-state index is 0.310. The van der Waals surface area contributed by atoms with E-state index in [2.05, 4.69) is 24.3 Å². The average Bonchev–Trinajstić information content (AvgIpc) is 2.60. The van der Waals surface area contributed by atoms with Crippen molar-refractivity contribution in [3.05, 3.63) is 68.7 Å². The van der Waals surface area contributed by atoms with Crippen LogP contribution < -0.4 is 0 Å². The number of carbonyl (C=O) groups is 1. The van der Waals surface area contributed by atoms with Gasteiger partial charge in [0, 0.05) is 34.6 Å². The van der Waals surface area contributed by atoms with E-state index in [4.69, 9.17) is 23.2 Å². The summed E-state index contributed by atoms with van der Waals surface area (Å²) in [6.07, 6.45) is 7.80. The first kappa shape index (κ1) is 16.7. The summed E-state index contributed by atoms with van der Waals surface area (Å²) in [6.45, 7) is 0.929. The smallest absolute Gasteiger partial charge is 0.224 e. The Morgan fingerprint density at radius 3 is 2.48 bits per heavy atom. The molecule has 128 valence electrons. The largest absolute Gasteiger partial charge is 0.339 e. The third-order valence-electron chi connectivity index (χ3n) is 5.20. The molecular formula is C21H19Cl2NO. The highest BCUT2D eigenvalue weighted by atomic mass is 35.5. The molecule has 0 N–H and O–H groups in total. The second kappa shape index (κ2) is 6.86. The molecule has 1 aliphatic heterocycles. The summed E-state index contributed by atoms with van der Waals surface area (Å²) < 4.78 is 0. The number of β-lactam (4-membered cyclic amide) rings is 1. The summed E-state index contributed by atoms with van der Waals surface area (Å²) in [4.78, 5) is 13.7. The van der Waals surface area contributed by atoms with E-state index in [1.54, 1.807) is 0 Å². The topological polar surface area (TPSA) is 20.3 Å². The van der Waals surface area contributed by atoms with Gasteiger partial charge in [-0.25, -0.2) is 0 Å². The van der Waals surface area contributed by atoms with Crippen molar-refractivity contribution < 1.29 is 4.79 Å². The van der Waals surface area contributed by atoms with Crippen LogP contribution in [0.2, 0.25) is 10.0 Å². The molecule has 1 atom stereocenters. The molecule has 0 bridgehead atoms. The molecule has 4 rings (SSSR count). The normalized spacial score (nSPS) is 19.8. The maximum absolute atomic E-state index is 11.7. The Balaban J connectivity index is 1.52. The molecule has 4 heteroatoms. The molecule has 2 aromatic rings. The Morgan fingerprint density at radius 2 is 1.80 bits per heavy atom. The second-order valence-corrected chi connectivity index (χ2v) is 7.54. The highest BCUT2D eigenvalue weighted by Gasteiger charge is 2.32. The van der Waals surface area contributed by atoms with Crippen LogP contribution in [0.25, 0.3) is 12.2 Å². The molecule has 1 saturated heterocycles. The Labute approximate surface area is 158 Å². The average molecular weight is 372 g/mol. The van der Waals surface area contributed by atoms with Gasteiger partial charge in [0.05, 0.1) is 0 Å². The van der Waals surface area contributed by atoms with Crippen LogP contribution in [0.3, 0.4) is 0 Å². The van der Waals surface area contributed by atoms with Gasteiger partial charge in [0.25, 0.3) is 0 Å². The van der Waals surface area contributed by atoms with E-state index in [1.807, 2.05) is 29.2 Å². The number of nitrogens with zero attached hydrogens (tertiary/aromatic N) is 1. The summed E-state index contributed by atoms with van der Waals surface area (Å²) in [5, 5.41) is 1.31. The Morgan fingerprint density at radius 1 is 1.00 bits per heavy atom. The third kappa shape index (κ3) is 3.33. The van der Waals surface area contributed by atoms with Crippen LogP contribution in [-0.4, -0.2) is 23.4 Å². The van der Waals surface area contributed by atoms with Crippen LogP contribution in [0.4, 0.5) is 0 Å². The third-order valence-corrected chi connectivity index (χ3v) is 5.86. The van der Waals surface area contributed by atoms with Crippen LogP contribution in [0.5, 0.6) is 0 Å². The Kier molecular flexibility index (Phi) is 4.58. The molecule has 1 unspecified atom stereocenters. The summed E-state index contributed by atoms with van der Waals surface area (Å²) >= 11 is 12.4. The van der Waals surface area contributed by atoms with E-state index in [0.717, 1.165) is 43.4 Å². The Bertz CT molecular complexity index is 839. The van der Waals surface area contributed by atoms with Crippen LogP contribution in [0.15, 0.2) is 36.4 Å².